The van der Waals surface area contributed by atoms with Gasteiger partial charge >= 0.3 is 5.97 Å². The largest absolute Gasteiger partial charge is 0.463 e. The molecular weight excluding hydrogens is 294 g/mol. The Labute approximate surface area is 137 Å². The first-order chi connectivity index (χ1) is 11.0. The molecule has 0 unspecified atom stereocenters. The van der Waals surface area contributed by atoms with Gasteiger partial charge in [-0.2, -0.15) is 0 Å². The monoisotopic (exact) mass is 319 g/mol. The lowest BCUT2D eigenvalue weighted by molar-refractivity contribution is -0.157. The maximum absolute atomic E-state index is 13.1. The molecule has 1 amide bonds. The van der Waals surface area contributed by atoms with E-state index < -0.39 is 17.4 Å². The van der Waals surface area contributed by atoms with Crippen LogP contribution in [-0.4, -0.2) is 47.2 Å². The third-order valence-electron chi connectivity index (χ3n) is 5.77. The minimum Gasteiger partial charge on any atom is -0.463 e. The molecule has 1 aliphatic carbocycles. The second-order valence-corrected chi connectivity index (χ2v) is 7.64. The van der Waals surface area contributed by atoms with E-state index in [1.165, 1.54) is 19.3 Å². The molecule has 3 fully saturated rings. The summed E-state index contributed by atoms with van der Waals surface area (Å²) in [5.41, 5.74) is -0.597. The predicted octanol–water partition coefficient (Wildman–Crippen LogP) is 2.05. The molecule has 0 radical (unpaired) electrons. The molecule has 3 heterocycles. The molecular formula is C18H25NO4. The predicted molar refractivity (Wildman–Crippen MR) is 83.5 cm³/mol. The van der Waals surface area contributed by atoms with Gasteiger partial charge in [0.1, 0.15) is 11.5 Å². The quantitative estimate of drug-likeness (QED) is 0.590. The van der Waals surface area contributed by atoms with Crippen LogP contribution in [0.1, 0.15) is 46.0 Å². The first-order valence-corrected chi connectivity index (χ1v) is 8.90. The van der Waals surface area contributed by atoms with E-state index in [9.17, 15) is 9.59 Å². The maximum Gasteiger partial charge on any atom is 0.313 e. The second-order valence-electron chi connectivity index (χ2n) is 7.64. The molecule has 3 aliphatic heterocycles. The van der Waals surface area contributed by atoms with Gasteiger partial charge in [0, 0.05) is 6.04 Å². The van der Waals surface area contributed by atoms with Gasteiger partial charge in [-0.15, -0.1) is 0 Å². The molecule has 0 aromatic carbocycles. The molecule has 0 N–H and O–H groups in total. The van der Waals surface area contributed by atoms with E-state index in [4.69, 9.17) is 9.47 Å². The number of hydrogen-bond donors (Lipinski definition) is 0. The molecule has 23 heavy (non-hydrogen) atoms. The van der Waals surface area contributed by atoms with Crippen LogP contribution in [0.3, 0.4) is 0 Å². The number of amides is 1. The van der Waals surface area contributed by atoms with Crippen molar-refractivity contribution in [2.24, 2.45) is 11.8 Å². The van der Waals surface area contributed by atoms with Crippen molar-refractivity contribution >= 4 is 11.9 Å². The fraction of sp³-hybridized carbons (Fsp3) is 0.778. The van der Waals surface area contributed by atoms with Crippen LogP contribution < -0.4 is 0 Å². The maximum atomic E-state index is 13.1. The molecule has 4 atom stereocenters. The number of carbonyl (C=O) groups is 2. The van der Waals surface area contributed by atoms with Crippen molar-refractivity contribution < 1.29 is 19.1 Å². The van der Waals surface area contributed by atoms with Gasteiger partial charge in [-0.25, -0.2) is 0 Å². The summed E-state index contributed by atoms with van der Waals surface area (Å²) in [6.07, 6.45) is 9.26. The van der Waals surface area contributed by atoms with E-state index in [0.717, 1.165) is 12.8 Å². The molecule has 2 bridgehead atoms. The summed E-state index contributed by atoms with van der Waals surface area (Å²) in [5.74, 6) is -1.08. The smallest absolute Gasteiger partial charge is 0.313 e. The molecule has 4 rings (SSSR count). The summed E-state index contributed by atoms with van der Waals surface area (Å²) in [4.78, 5) is 27.6. The van der Waals surface area contributed by atoms with Gasteiger partial charge in [0.15, 0.2) is 0 Å². The van der Waals surface area contributed by atoms with E-state index in [-0.39, 0.29) is 24.1 Å². The first kappa shape index (κ1) is 15.2. The van der Waals surface area contributed by atoms with Crippen LogP contribution in [0.2, 0.25) is 0 Å². The number of likely N-dealkylation sites (tertiary alicyclic amines) is 1. The number of esters is 1. The highest BCUT2D eigenvalue weighted by atomic mass is 16.6. The number of fused-ring (bicyclic) bond motifs is 1. The highest BCUT2D eigenvalue weighted by Gasteiger charge is 2.67. The molecule has 0 aromatic rings. The zero-order chi connectivity index (χ0) is 16.2. The number of hydrogen-bond acceptors (Lipinski definition) is 4. The molecule has 4 aliphatic rings. The Morgan fingerprint density at radius 3 is 2.78 bits per heavy atom. The third kappa shape index (κ3) is 2.24. The lowest BCUT2D eigenvalue weighted by atomic mass is 9.77. The van der Waals surface area contributed by atoms with Gasteiger partial charge in [-0.1, -0.05) is 31.4 Å². The van der Waals surface area contributed by atoms with Gasteiger partial charge in [0.05, 0.1) is 24.7 Å². The lowest BCUT2D eigenvalue weighted by Gasteiger charge is -2.32. The van der Waals surface area contributed by atoms with Crippen LogP contribution in [0.25, 0.3) is 0 Å². The normalized spacial score (nSPS) is 39.3. The molecule has 5 heteroatoms. The van der Waals surface area contributed by atoms with Crippen molar-refractivity contribution in [3.63, 3.8) is 0 Å². The number of carbonyl (C=O) groups excluding carboxylic acids is 2. The minimum absolute atomic E-state index is 0.0921. The number of rotatable bonds is 3. The molecule has 1 spiro atoms. The van der Waals surface area contributed by atoms with E-state index in [2.05, 4.69) is 0 Å². The standard InChI is InChI=1S/C18H25NO4/c1-11(2)22-17(21)14-13-8-9-18(23-13)10-19(16(20)15(14)18)12-6-4-3-5-7-12/h8-9,11-15H,3-7,10H2,1-2H3/t13-,14+,15+,18+/m1/s1. The van der Waals surface area contributed by atoms with Crippen LogP contribution >= 0.6 is 0 Å². The van der Waals surface area contributed by atoms with Gasteiger partial charge in [-0.05, 0) is 26.7 Å². The molecule has 5 nitrogen and oxygen atoms in total. The van der Waals surface area contributed by atoms with Gasteiger partial charge in [0.2, 0.25) is 5.91 Å². The van der Waals surface area contributed by atoms with Crippen molar-refractivity contribution in [1.82, 2.24) is 4.90 Å². The zero-order valence-corrected chi connectivity index (χ0v) is 13.9. The third-order valence-corrected chi connectivity index (χ3v) is 5.77. The number of nitrogens with zero attached hydrogens (tertiary/aromatic N) is 1. The zero-order valence-electron chi connectivity index (χ0n) is 13.9. The summed E-state index contributed by atoms with van der Waals surface area (Å²) >= 11 is 0. The van der Waals surface area contributed by atoms with Crippen molar-refractivity contribution in [3.05, 3.63) is 12.2 Å². The Morgan fingerprint density at radius 2 is 2.09 bits per heavy atom. The minimum atomic E-state index is -0.597. The van der Waals surface area contributed by atoms with E-state index in [1.807, 2.05) is 30.9 Å². The SMILES string of the molecule is CC(C)OC(=O)[C@@H]1[C@H]2C(=O)N(C3CCCCC3)C[C@@]23C=C[C@H]1O3. The van der Waals surface area contributed by atoms with E-state index >= 15 is 0 Å². The molecule has 1 saturated carbocycles. The molecule has 2 saturated heterocycles. The summed E-state index contributed by atoms with van der Waals surface area (Å²) in [6.45, 7) is 4.27. The summed E-state index contributed by atoms with van der Waals surface area (Å²) < 4.78 is 11.5. The summed E-state index contributed by atoms with van der Waals surface area (Å²) in [7, 11) is 0. The average Bonchev–Trinajstić information content (AvgIpc) is 3.16. The second kappa shape index (κ2) is 5.33. The lowest BCUT2D eigenvalue weighted by Crippen LogP contribution is -2.42. The van der Waals surface area contributed by atoms with Crippen molar-refractivity contribution in [2.45, 2.75) is 69.8 Å². The fourth-order valence-corrected chi connectivity index (χ4v) is 4.81. The van der Waals surface area contributed by atoms with Crippen LogP contribution in [0.4, 0.5) is 0 Å². The van der Waals surface area contributed by atoms with Crippen LogP contribution in [-0.2, 0) is 19.1 Å². The highest BCUT2D eigenvalue weighted by Crippen LogP contribution is 2.53. The Hall–Kier alpha value is -1.36. The van der Waals surface area contributed by atoms with Crippen molar-refractivity contribution in [1.29, 1.82) is 0 Å². The Bertz CT molecular complexity index is 551. The van der Waals surface area contributed by atoms with Crippen molar-refractivity contribution in [3.8, 4) is 0 Å². The van der Waals surface area contributed by atoms with E-state index in [0.29, 0.717) is 12.6 Å². The van der Waals surface area contributed by atoms with Crippen LogP contribution in [0.5, 0.6) is 0 Å². The Morgan fingerprint density at radius 1 is 1.35 bits per heavy atom. The Balaban J connectivity index is 1.59. The summed E-state index contributed by atoms with van der Waals surface area (Å²) in [6, 6.07) is 0.314. The van der Waals surface area contributed by atoms with Crippen LogP contribution in [0.15, 0.2) is 12.2 Å². The van der Waals surface area contributed by atoms with Crippen molar-refractivity contribution in [2.75, 3.05) is 6.54 Å². The highest BCUT2D eigenvalue weighted by molar-refractivity contribution is 5.91. The van der Waals surface area contributed by atoms with Crippen LogP contribution in [0, 0.1) is 11.8 Å². The topological polar surface area (TPSA) is 55.8 Å². The summed E-state index contributed by atoms with van der Waals surface area (Å²) in [5, 5.41) is 0. The average molecular weight is 319 g/mol. The van der Waals surface area contributed by atoms with Gasteiger partial charge in [-0.3, -0.25) is 9.59 Å². The molecule has 0 aromatic heterocycles. The Kier molecular flexibility index (Phi) is 3.52. The van der Waals surface area contributed by atoms with Gasteiger partial charge < -0.3 is 14.4 Å². The fourth-order valence-electron chi connectivity index (χ4n) is 4.81. The van der Waals surface area contributed by atoms with Gasteiger partial charge in [0.25, 0.3) is 0 Å². The number of ether oxygens (including phenoxy) is 2. The molecule has 126 valence electrons. The first-order valence-electron chi connectivity index (χ1n) is 8.90. The van der Waals surface area contributed by atoms with E-state index in [1.54, 1.807) is 0 Å².